The van der Waals surface area contributed by atoms with Gasteiger partial charge in [0.1, 0.15) is 17.2 Å². The molecular weight excluding hydrogens is 527 g/mol. The number of fused-ring (bicyclic) bond motifs is 1. The van der Waals surface area contributed by atoms with E-state index in [1.54, 1.807) is 21.8 Å². The molecule has 3 aromatic heterocycles. The third-order valence-electron chi connectivity index (χ3n) is 6.77. The maximum atomic E-state index is 13.7. The molecule has 1 aliphatic heterocycles. The van der Waals surface area contributed by atoms with E-state index >= 15 is 0 Å². The zero-order valence-electron chi connectivity index (χ0n) is 20.9. The number of hydrogen-bond acceptors (Lipinski definition) is 6. The monoisotopic (exact) mass is 551 g/mol. The molecule has 0 bridgehead atoms. The topological polar surface area (TPSA) is 82.9 Å². The molecule has 5 aromatic rings. The molecule has 2 aromatic carbocycles. The summed E-state index contributed by atoms with van der Waals surface area (Å²) in [6, 6.07) is 18.6. The lowest BCUT2D eigenvalue weighted by Crippen LogP contribution is -2.54. The summed E-state index contributed by atoms with van der Waals surface area (Å²) in [7, 11) is 0. The highest BCUT2D eigenvalue weighted by molar-refractivity contribution is 7.16. The van der Waals surface area contributed by atoms with Crippen molar-refractivity contribution in [3.05, 3.63) is 71.9 Å². The maximum absolute atomic E-state index is 13.7. The van der Waals surface area contributed by atoms with Gasteiger partial charge < -0.3 is 14.8 Å². The van der Waals surface area contributed by atoms with Crippen molar-refractivity contribution in [2.45, 2.75) is 25.7 Å². The number of halogens is 3. The van der Waals surface area contributed by atoms with Gasteiger partial charge in [0, 0.05) is 31.9 Å². The Kier molecular flexibility index (Phi) is 6.34. The molecule has 0 saturated carbocycles. The summed E-state index contributed by atoms with van der Waals surface area (Å²) in [6.07, 6.45) is -2.91. The Morgan fingerprint density at radius 1 is 1.05 bits per heavy atom. The van der Waals surface area contributed by atoms with Gasteiger partial charge in [-0.2, -0.15) is 18.3 Å². The molecule has 39 heavy (non-hydrogen) atoms. The number of nitrogens with zero attached hydrogens (tertiary/aromatic N) is 6. The number of aromatic nitrogens is 5. The summed E-state index contributed by atoms with van der Waals surface area (Å²) < 4.78 is 42.7. The van der Waals surface area contributed by atoms with E-state index in [-0.39, 0.29) is 30.0 Å². The summed E-state index contributed by atoms with van der Waals surface area (Å²) in [5, 5.41) is 3.80. The first-order valence-electron chi connectivity index (χ1n) is 12.4. The highest BCUT2D eigenvalue weighted by Gasteiger charge is 2.39. The number of hydrogen-bond donors (Lipinski definition) is 1. The van der Waals surface area contributed by atoms with Crippen LogP contribution in [0.1, 0.15) is 11.9 Å². The smallest absolute Gasteiger partial charge is 0.358 e. The van der Waals surface area contributed by atoms with Gasteiger partial charge in [-0.05, 0) is 30.7 Å². The van der Waals surface area contributed by atoms with Crippen molar-refractivity contribution in [1.82, 2.24) is 29.6 Å². The molecule has 0 spiro atoms. The van der Waals surface area contributed by atoms with Crippen LogP contribution in [-0.2, 0) is 17.5 Å². The Bertz CT molecular complexity index is 1590. The molecule has 1 atom stereocenters. The molecule has 1 saturated heterocycles. The number of carbonyl (C=O) groups excluding carboxylic acids is 1. The van der Waals surface area contributed by atoms with Crippen LogP contribution in [0.3, 0.4) is 0 Å². The second-order valence-electron chi connectivity index (χ2n) is 9.40. The third-order valence-corrected chi connectivity index (χ3v) is 7.93. The first-order chi connectivity index (χ1) is 18.8. The van der Waals surface area contributed by atoms with Crippen LogP contribution in [0.15, 0.2) is 66.9 Å². The van der Waals surface area contributed by atoms with Gasteiger partial charge in [-0.25, -0.2) is 9.97 Å². The maximum Gasteiger partial charge on any atom is 0.443 e. The van der Waals surface area contributed by atoms with E-state index < -0.39 is 11.2 Å². The van der Waals surface area contributed by atoms with Crippen molar-refractivity contribution in [3.63, 3.8) is 0 Å². The molecule has 200 valence electrons. The fraction of sp³-hybridized carbons (Fsp3) is 0.259. The second-order valence-corrected chi connectivity index (χ2v) is 10.4. The molecule has 0 radical (unpaired) electrons. The van der Waals surface area contributed by atoms with Gasteiger partial charge in [-0.15, -0.1) is 0 Å². The van der Waals surface area contributed by atoms with Gasteiger partial charge >= 0.3 is 6.18 Å². The Labute approximate surface area is 225 Å². The van der Waals surface area contributed by atoms with Crippen molar-refractivity contribution >= 4 is 33.3 Å². The minimum Gasteiger partial charge on any atom is -0.358 e. The number of para-hydroxylation sites is 2. The number of nitrogens with one attached hydrogen (secondary N) is 1. The lowest BCUT2D eigenvalue weighted by Gasteiger charge is -2.40. The highest BCUT2D eigenvalue weighted by atomic mass is 32.1. The number of imidazole rings is 1. The molecular formula is C27H24F3N7OS. The van der Waals surface area contributed by atoms with E-state index in [0.29, 0.717) is 41.5 Å². The quantitative estimate of drug-likeness (QED) is 0.320. The standard InChI is InChI=1S/C27H24F3N7OS/c1-17-15-35(13-14-36(17)22(38)16-37-21(11-12-31-37)18-7-3-2-4-8-18)25-23(34-26(39-25)27(28,29)30)24-32-19-9-5-6-10-20(19)33-24/h2-12,17H,13-16H2,1H3,(H,32,33). The number of thiazole rings is 1. The number of aromatic amines is 1. The fourth-order valence-electron chi connectivity index (χ4n) is 4.91. The summed E-state index contributed by atoms with van der Waals surface area (Å²) >= 11 is 0.605. The van der Waals surface area contributed by atoms with Crippen LogP contribution in [0.25, 0.3) is 33.8 Å². The van der Waals surface area contributed by atoms with Crippen molar-refractivity contribution < 1.29 is 18.0 Å². The molecule has 1 unspecified atom stereocenters. The number of piperazine rings is 1. The first-order valence-corrected chi connectivity index (χ1v) is 13.2. The minimum atomic E-state index is -4.58. The van der Waals surface area contributed by atoms with Gasteiger partial charge in [0.2, 0.25) is 10.9 Å². The summed E-state index contributed by atoms with van der Waals surface area (Å²) in [5.74, 6) is 0.192. The average molecular weight is 552 g/mol. The van der Waals surface area contributed by atoms with E-state index in [0.717, 1.165) is 16.8 Å². The Hall–Kier alpha value is -4.19. The van der Waals surface area contributed by atoms with Crippen molar-refractivity contribution in [1.29, 1.82) is 0 Å². The zero-order valence-corrected chi connectivity index (χ0v) is 21.7. The molecule has 0 aliphatic carbocycles. The first kappa shape index (κ1) is 25.1. The van der Waals surface area contributed by atoms with E-state index in [2.05, 4.69) is 20.1 Å². The van der Waals surface area contributed by atoms with Gasteiger partial charge in [0.15, 0.2) is 5.82 Å². The molecule has 1 aliphatic rings. The van der Waals surface area contributed by atoms with E-state index in [4.69, 9.17) is 0 Å². The van der Waals surface area contributed by atoms with Gasteiger partial charge in [-0.3, -0.25) is 9.48 Å². The number of alkyl halides is 3. The Morgan fingerprint density at radius 2 is 1.82 bits per heavy atom. The van der Waals surface area contributed by atoms with Gasteiger partial charge in [0.05, 0.1) is 16.7 Å². The van der Waals surface area contributed by atoms with Crippen LogP contribution in [0, 0.1) is 0 Å². The molecule has 1 N–H and O–H groups in total. The van der Waals surface area contributed by atoms with E-state index in [1.165, 1.54) is 0 Å². The van der Waals surface area contributed by atoms with Crippen molar-refractivity contribution in [2.75, 3.05) is 24.5 Å². The van der Waals surface area contributed by atoms with Gasteiger partial charge in [0.25, 0.3) is 0 Å². The normalized spacial score (nSPS) is 16.3. The molecule has 8 nitrogen and oxygen atoms in total. The molecule has 4 heterocycles. The summed E-state index contributed by atoms with van der Waals surface area (Å²) in [6.45, 7) is 3.07. The van der Waals surface area contributed by atoms with Crippen LogP contribution >= 0.6 is 11.3 Å². The summed E-state index contributed by atoms with van der Waals surface area (Å²) in [5.41, 5.74) is 3.34. The molecule has 12 heteroatoms. The van der Waals surface area contributed by atoms with Crippen molar-refractivity contribution in [2.24, 2.45) is 0 Å². The fourth-order valence-corrected chi connectivity index (χ4v) is 5.88. The molecule has 1 amide bonds. The largest absolute Gasteiger partial charge is 0.443 e. The van der Waals surface area contributed by atoms with E-state index in [1.807, 2.05) is 66.4 Å². The van der Waals surface area contributed by atoms with Crippen LogP contribution in [0.5, 0.6) is 0 Å². The van der Waals surface area contributed by atoms with Crippen LogP contribution in [0.2, 0.25) is 0 Å². The third kappa shape index (κ3) is 4.87. The Morgan fingerprint density at radius 3 is 2.56 bits per heavy atom. The molecule has 1 fully saturated rings. The predicted molar refractivity (Wildman–Crippen MR) is 143 cm³/mol. The minimum absolute atomic E-state index is 0.0740. The number of anilines is 1. The predicted octanol–water partition coefficient (Wildman–Crippen LogP) is 5.31. The average Bonchev–Trinajstić information content (AvgIpc) is 3.66. The van der Waals surface area contributed by atoms with Gasteiger partial charge in [-0.1, -0.05) is 53.8 Å². The SMILES string of the molecule is CC1CN(c2sc(C(F)(F)F)nc2-c2nc3ccccc3[nH]2)CCN1C(=O)Cn1nccc1-c1ccccc1. The Balaban J connectivity index is 1.23. The van der Waals surface area contributed by atoms with Crippen LogP contribution in [0.4, 0.5) is 18.2 Å². The zero-order chi connectivity index (χ0) is 27.1. The van der Waals surface area contributed by atoms with E-state index in [9.17, 15) is 18.0 Å². The number of benzene rings is 2. The van der Waals surface area contributed by atoms with Crippen LogP contribution in [-0.4, -0.2) is 61.2 Å². The lowest BCUT2D eigenvalue weighted by molar-refractivity contribution is -0.137. The number of H-pyrrole nitrogens is 1. The van der Waals surface area contributed by atoms with Crippen LogP contribution < -0.4 is 4.90 Å². The number of carbonyl (C=O) groups is 1. The number of amides is 1. The molecule has 6 rings (SSSR count). The highest BCUT2D eigenvalue weighted by Crippen LogP contribution is 2.42. The van der Waals surface area contributed by atoms with Crippen molar-refractivity contribution in [3.8, 4) is 22.8 Å². The summed E-state index contributed by atoms with van der Waals surface area (Å²) in [4.78, 5) is 28.5. The number of rotatable bonds is 5. The lowest BCUT2D eigenvalue weighted by atomic mass is 10.1. The second kappa shape index (κ2) is 9.84.